The van der Waals surface area contributed by atoms with Crippen LogP contribution in [-0.4, -0.2) is 29.4 Å². The van der Waals surface area contributed by atoms with Crippen LogP contribution in [0.5, 0.6) is 0 Å². The molecule has 0 bridgehead atoms. The van der Waals surface area contributed by atoms with Crippen molar-refractivity contribution in [3.8, 4) is 0 Å². The van der Waals surface area contributed by atoms with E-state index in [0.717, 1.165) is 23.9 Å². The summed E-state index contributed by atoms with van der Waals surface area (Å²) in [5.41, 5.74) is 2.89. The van der Waals surface area contributed by atoms with Gasteiger partial charge in [0.2, 0.25) is 0 Å². The Bertz CT molecular complexity index is 542. The number of hydrogen-bond acceptors (Lipinski definition) is 1. The van der Waals surface area contributed by atoms with Crippen molar-refractivity contribution in [2.75, 3.05) is 13.6 Å². The number of carbonyl (C=O) groups is 1. The quantitative estimate of drug-likeness (QED) is 0.864. The molecular formula is C14H18N2O. The largest absolute Gasteiger partial charge is 0.351 e. The van der Waals surface area contributed by atoms with Gasteiger partial charge in [-0.2, -0.15) is 0 Å². The lowest BCUT2D eigenvalue weighted by Crippen LogP contribution is -2.27. The van der Waals surface area contributed by atoms with Gasteiger partial charge in [-0.15, -0.1) is 0 Å². The third kappa shape index (κ3) is 2.33. The first-order valence-electron chi connectivity index (χ1n) is 5.96. The zero-order chi connectivity index (χ0) is 12.4. The minimum Gasteiger partial charge on any atom is -0.351 e. The van der Waals surface area contributed by atoms with Crippen molar-refractivity contribution < 1.29 is 4.79 Å². The van der Waals surface area contributed by atoms with Gasteiger partial charge < -0.3 is 9.88 Å². The van der Waals surface area contributed by atoms with Gasteiger partial charge in [0.1, 0.15) is 5.69 Å². The summed E-state index contributed by atoms with van der Waals surface area (Å²) in [6.45, 7) is 4.90. The summed E-state index contributed by atoms with van der Waals surface area (Å²) in [6.07, 6.45) is 0.974. The van der Waals surface area contributed by atoms with Crippen LogP contribution in [0.3, 0.4) is 0 Å². The molecule has 1 aromatic carbocycles. The van der Waals surface area contributed by atoms with E-state index in [2.05, 4.69) is 24.0 Å². The molecule has 1 aromatic heterocycles. The fraction of sp³-hybridized carbons (Fsp3) is 0.357. The molecule has 0 unspecified atom stereocenters. The molecule has 2 aromatic rings. The van der Waals surface area contributed by atoms with Gasteiger partial charge in [-0.25, -0.2) is 0 Å². The highest BCUT2D eigenvalue weighted by molar-refractivity contribution is 5.98. The SMILES string of the molecule is CCCN(C)C(=O)c1cc2ccc(C)cc2[nH]1. The van der Waals surface area contributed by atoms with Crippen LogP contribution in [0.25, 0.3) is 10.9 Å². The van der Waals surface area contributed by atoms with Crippen LogP contribution in [0.15, 0.2) is 24.3 Å². The van der Waals surface area contributed by atoms with E-state index in [1.54, 1.807) is 4.90 Å². The second-order valence-electron chi connectivity index (χ2n) is 4.50. The number of hydrogen-bond donors (Lipinski definition) is 1. The van der Waals surface area contributed by atoms with E-state index >= 15 is 0 Å². The smallest absolute Gasteiger partial charge is 0.270 e. The van der Waals surface area contributed by atoms with Crippen molar-refractivity contribution in [3.05, 3.63) is 35.5 Å². The molecule has 2 rings (SSSR count). The Morgan fingerprint density at radius 2 is 2.12 bits per heavy atom. The topological polar surface area (TPSA) is 36.1 Å². The second-order valence-corrected chi connectivity index (χ2v) is 4.50. The van der Waals surface area contributed by atoms with Crippen molar-refractivity contribution in [1.29, 1.82) is 0 Å². The number of H-pyrrole nitrogens is 1. The summed E-state index contributed by atoms with van der Waals surface area (Å²) in [7, 11) is 1.84. The van der Waals surface area contributed by atoms with Crippen molar-refractivity contribution in [2.24, 2.45) is 0 Å². The third-order valence-corrected chi connectivity index (χ3v) is 2.91. The Morgan fingerprint density at radius 3 is 2.82 bits per heavy atom. The molecule has 0 atom stereocenters. The molecule has 1 N–H and O–H groups in total. The number of benzene rings is 1. The highest BCUT2D eigenvalue weighted by atomic mass is 16.2. The number of nitrogens with one attached hydrogen (secondary N) is 1. The molecule has 0 aliphatic carbocycles. The molecule has 0 radical (unpaired) electrons. The van der Waals surface area contributed by atoms with Gasteiger partial charge in [-0.1, -0.05) is 19.1 Å². The Morgan fingerprint density at radius 1 is 1.35 bits per heavy atom. The van der Waals surface area contributed by atoms with Gasteiger partial charge >= 0.3 is 0 Å². The molecule has 3 heteroatoms. The molecule has 90 valence electrons. The number of carbonyl (C=O) groups excluding carboxylic acids is 1. The maximum absolute atomic E-state index is 12.1. The van der Waals surface area contributed by atoms with Gasteiger partial charge in [-0.3, -0.25) is 4.79 Å². The lowest BCUT2D eigenvalue weighted by Gasteiger charge is -2.14. The summed E-state index contributed by atoms with van der Waals surface area (Å²) in [5, 5.41) is 1.09. The van der Waals surface area contributed by atoms with Crippen LogP contribution in [0, 0.1) is 6.92 Å². The number of fused-ring (bicyclic) bond motifs is 1. The standard InChI is InChI=1S/C14H18N2O/c1-4-7-16(3)14(17)13-9-11-6-5-10(2)8-12(11)15-13/h5-6,8-9,15H,4,7H2,1-3H3. The lowest BCUT2D eigenvalue weighted by molar-refractivity contribution is 0.0790. The predicted molar refractivity (Wildman–Crippen MR) is 70.3 cm³/mol. The summed E-state index contributed by atoms with van der Waals surface area (Å²) >= 11 is 0. The second kappa shape index (κ2) is 4.62. The first kappa shape index (κ1) is 11.7. The average molecular weight is 230 g/mol. The van der Waals surface area contributed by atoms with Gasteiger partial charge in [0.15, 0.2) is 0 Å². The Balaban J connectivity index is 2.33. The summed E-state index contributed by atoms with van der Waals surface area (Å²) in [5.74, 6) is 0.0562. The first-order chi connectivity index (χ1) is 8.11. The zero-order valence-electron chi connectivity index (χ0n) is 10.6. The number of nitrogens with zero attached hydrogens (tertiary/aromatic N) is 1. The van der Waals surface area contributed by atoms with Crippen molar-refractivity contribution in [3.63, 3.8) is 0 Å². The Kier molecular flexibility index (Phi) is 3.18. The average Bonchev–Trinajstić information content (AvgIpc) is 2.71. The fourth-order valence-corrected chi connectivity index (χ4v) is 2.00. The maximum atomic E-state index is 12.1. The summed E-state index contributed by atoms with van der Waals surface area (Å²) in [4.78, 5) is 17.0. The van der Waals surface area contributed by atoms with Crippen LogP contribution in [0.4, 0.5) is 0 Å². The summed E-state index contributed by atoms with van der Waals surface area (Å²) in [6, 6.07) is 8.08. The Labute approximate surface area is 101 Å². The van der Waals surface area contributed by atoms with Crippen LogP contribution in [0.2, 0.25) is 0 Å². The molecule has 0 spiro atoms. The predicted octanol–water partition coefficient (Wildman–Crippen LogP) is 2.96. The van der Waals surface area contributed by atoms with E-state index in [9.17, 15) is 4.79 Å². The van der Waals surface area contributed by atoms with Crippen molar-refractivity contribution >= 4 is 16.8 Å². The van der Waals surface area contributed by atoms with E-state index in [1.807, 2.05) is 26.1 Å². The van der Waals surface area contributed by atoms with E-state index in [-0.39, 0.29) is 5.91 Å². The lowest BCUT2D eigenvalue weighted by atomic mass is 10.2. The molecule has 17 heavy (non-hydrogen) atoms. The molecule has 0 saturated carbocycles. The monoisotopic (exact) mass is 230 g/mol. The van der Waals surface area contributed by atoms with Gasteiger partial charge in [0.25, 0.3) is 5.91 Å². The van der Waals surface area contributed by atoms with E-state index in [4.69, 9.17) is 0 Å². The molecule has 0 aliphatic rings. The molecule has 0 fully saturated rings. The minimum atomic E-state index is 0.0562. The van der Waals surface area contributed by atoms with Crippen molar-refractivity contribution in [2.45, 2.75) is 20.3 Å². The van der Waals surface area contributed by atoms with Crippen molar-refractivity contribution in [1.82, 2.24) is 9.88 Å². The van der Waals surface area contributed by atoms with E-state index < -0.39 is 0 Å². The third-order valence-electron chi connectivity index (χ3n) is 2.91. The van der Waals surface area contributed by atoms with Gasteiger partial charge in [-0.05, 0) is 31.0 Å². The zero-order valence-corrected chi connectivity index (χ0v) is 10.6. The van der Waals surface area contributed by atoms with Crippen LogP contribution < -0.4 is 0 Å². The number of aromatic nitrogens is 1. The Hall–Kier alpha value is -1.77. The fourth-order valence-electron chi connectivity index (χ4n) is 2.00. The van der Waals surface area contributed by atoms with E-state index in [1.165, 1.54) is 5.56 Å². The van der Waals surface area contributed by atoms with Crippen LogP contribution in [-0.2, 0) is 0 Å². The maximum Gasteiger partial charge on any atom is 0.270 e. The van der Waals surface area contributed by atoms with Gasteiger partial charge in [0.05, 0.1) is 0 Å². The molecule has 3 nitrogen and oxygen atoms in total. The highest BCUT2D eigenvalue weighted by Gasteiger charge is 2.13. The summed E-state index contributed by atoms with van der Waals surface area (Å²) < 4.78 is 0. The minimum absolute atomic E-state index is 0.0562. The molecule has 1 amide bonds. The molecule has 0 saturated heterocycles. The number of amides is 1. The number of aromatic amines is 1. The normalized spacial score (nSPS) is 10.8. The van der Waals surface area contributed by atoms with Crippen LogP contribution >= 0.6 is 0 Å². The molecule has 0 aliphatic heterocycles. The van der Waals surface area contributed by atoms with E-state index in [0.29, 0.717) is 5.69 Å². The van der Waals surface area contributed by atoms with Crippen LogP contribution in [0.1, 0.15) is 29.4 Å². The molecular weight excluding hydrogens is 212 g/mol. The molecule has 1 heterocycles. The highest BCUT2D eigenvalue weighted by Crippen LogP contribution is 2.17. The first-order valence-corrected chi connectivity index (χ1v) is 5.96. The number of rotatable bonds is 3. The van der Waals surface area contributed by atoms with Gasteiger partial charge in [0, 0.05) is 24.5 Å². The number of aryl methyl sites for hydroxylation is 1.